The molecule has 7 heteroatoms. The summed E-state index contributed by atoms with van der Waals surface area (Å²) >= 11 is 13.4. The molecular weight excluding hydrogens is 389 g/mol. The number of nitrogens with one attached hydrogen (secondary N) is 1. The third-order valence-electron chi connectivity index (χ3n) is 3.52. The summed E-state index contributed by atoms with van der Waals surface area (Å²) in [4.78, 5) is 4.55. The molecule has 0 fully saturated rings. The van der Waals surface area contributed by atoms with Crippen LogP contribution in [0.15, 0.2) is 54.0 Å². The van der Waals surface area contributed by atoms with E-state index >= 15 is 0 Å². The number of hydrogen-bond acceptors (Lipinski definition) is 5. The summed E-state index contributed by atoms with van der Waals surface area (Å²) in [7, 11) is 1.62. The van der Waals surface area contributed by atoms with E-state index in [9.17, 15) is 5.26 Å². The zero-order chi connectivity index (χ0) is 18.5. The average molecular weight is 402 g/mol. The van der Waals surface area contributed by atoms with Crippen LogP contribution in [0, 0.1) is 11.3 Å². The fraction of sp³-hybridized carbons (Fsp3) is 0.0526. The molecule has 0 aliphatic heterocycles. The van der Waals surface area contributed by atoms with Crippen molar-refractivity contribution in [1.82, 2.24) is 4.98 Å². The number of aromatic nitrogens is 1. The van der Waals surface area contributed by atoms with E-state index in [0.717, 1.165) is 17.0 Å². The van der Waals surface area contributed by atoms with E-state index in [1.807, 2.05) is 29.6 Å². The molecule has 0 atom stereocenters. The monoisotopic (exact) mass is 401 g/mol. The number of allylic oxidation sites excluding steroid dienone is 1. The molecule has 130 valence electrons. The number of ether oxygens (including phenoxy) is 1. The van der Waals surface area contributed by atoms with Crippen LogP contribution in [0.1, 0.15) is 5.01 Å². The number of benzene rings is 2. The van der Waals surface area contributed by atoms with Crippen LogP contribution in [-0.2, 0) is 0 Å². The molecule has 1 heterocycles. The van der Waals surface area contributed by atoms with Gasteiger partial charge in [-0.3, -0.25) is 0 Å². The Kier molecular flexibility index (Phi) is 5.79. The molecule has 4 nitrogen and oxygen atoms in total. The average Bonchev–Trinajstić information content (AvgIpc) is 3.14. The number of nitrogens with zero attached hydrogens (tertiary/aromatic N) is 2. The predicted molar refractivity (Wildman–Crippen MR) is 108 cm³/mol. The minimum atomic E-state index is 0.412. The van der Waals surface area contributed by atoms with Gasteiger partial charge in [0.15, 0.2) is 0 Å². The van der Waals surface area contributed by atoms with Crippen LogP contribution in [-0.4, -0.2) is 12.1 Å². The van der Waals surface area contributed by atoms with Crippen molar-refractivity contribution in [1.29, 1.82) is 5.26 Å². The minimum absolute atomic E-state index is 0.412. The predicted octanol–water partition coefficient (Wildman–Crippen LogP) is 6.10. The zero-order valence-corrected chi connectivity index (χ0v) is 16.0. The van der Waals surface area contributed by atoms with Gasteiger partial charge in [0.25, 0.3) is 0 Å². The van der Waals surface area contributed by atoms with E-state index in [4.69, 9.17) is 27.9 Å². The van der Waals surface area contributed by atoms with Gasteiger partial charge in [0.05, 0.1) is 23.5 Å². The Morgan fingerprint density at radius 1 is 1.27 bits per heavy atom. The molecule has 0 amide bonds. The highest BCUT2D eigenvalue weighted by molar-refractivity contribution is 7.11. The second kappa shape index (κ2) is 8.24. The first-order chi connectivity index (χ1) is 12.6. The van der Waals surface area contributed by atoms with Gasteiger partial charge in [-0.05, 0) is 30.3 Å². The van der Waals surface area contributed by atoms with Gasteiger partial charge in [-0.15, -0.1) is 11.3 Å². The standard InChI is InChI=1S/C19H13Cl2N3OS/c1-25-15-4-2-3-12(7-15)18-11-26-19(24-18)13(9-22)10-23-17-6-5-14(20)8-16(17)21/h2-8,10-11,23H,1H3/b13-10+. The maximum Gasteiger partial charge on any atom is 0.136 e. The lowest BCUT2D eigenvalue weighted by atomic mass is 10.1. The normalized spacial score (nSPS) is 11.1. The Bertz CT molecular complexity index is 1010. The van der Waals surface area contributed by atoms with Gasteiger partial charge < -0.3 is 10.1 Å². The molecule has 3 rings (SSSR count). The molecule has 0 unspecified atom stereocenters. The Morgan fingerprint density at radius 2 is 2.12 bits per heavy atom. The second-order valence-electron chi connectivity index (χ2n) is 5.21. The van der Waals surface area contributed by atoms with Gasteiger partial charge in [0.1, 0.15) is 22.4 Å². The van der Waals surface area contributed by atoms with E-state index in [1.165, 1.54) is 11.3 Å². The van der Waals surface area contributed by atoms with Crippen LogP contribution < -0.4 is 10.1 Å². The number of rotatable bonds is 5. The Balaban J connectivity index is 1.85. The molecule has 0 saturated heterocycles. The van der Waals surface area contributed by atoms with Gasteiger partial charge in [-0.2, -0.15) is 5.26 Å². The van der Waals surface area contributed by atoms with Crippen molar-refractivity contribution in [2.24, 2.45) is 0 Å². The van der Waals surface area contributed by atoms with E-state index in [0.29, 0.717) is 26.3 Å². The van der Waals surface area contributed by atoms with Crippen molar-refractivity contribution < 1.29 is 4.74 Å². The molecule has 1 aromatic heterocycles. The number of hydrogen-bond donors (Lipinski definition) is 1. The Hall–Kier alpha value is -2.52. The molecule has 0 saturated carbocycles. The summed E-state index contributed by atoms with van der Waals surface area (Å²) in [5, 5.41) is 16.0. The Morgan fingerprint density at radius 3 is 2.85 bits per heavy atom. The summed E-state index contributed by atoms with van der Waals surface area (Å²) in [5.41, 5.74) is 2.79. The number of halogens is 2. The molecular formula is C19H13Cl2N3OS. The van der Waals surface area contributed by atoms with Crippen molar-refractivity contribution >= 4 is 45.8 Å². The first kappa shape index (κ1) is 18.3. The molecule has 2 aromatic carbocycles. The Labute approximate surface area is 165 Å². The van der Waals surface area contributed by atoms with Gasteiger partial charge in [0.2, 0.25) is 0 Å². The van der Waals surface area contributed by atoms with Crippen LogP contribution in [0.5, 0.6) is 5.75 Å². The van der Waals surface area contributed by atoms with Crippen LogP contribution in [0.4, 0.5) is 5.69 Å². The van der Waals surface area contributed by atoms with Crippen molar-refractivity contribution in [3.05, 3.63) is 69.1 Å². The van der Waals surface area contributed by atoms with E-state index < -0.39 is 0 Å². The summed E-state index contributed by atoms with van der Waals surface area (Å²) in [5.74, 6) is 0.757. The molecule has 3 aromatic rings. The number of anilines is 1. The highest BCUT2D eigenvalue weighted by Crippen LogP contribution is 2.29. The summed E-state index contributed by atoms with van der Waals surface area (Å²) in [6.07, 6.45) is 1.59. The number of nitriles is 1. The van der Waals surface area contributed by atoms with Gasteiger partial charge in [-0.1, -0.05) is 35.3 Å². The topological polar surface area (TPSA) is 57.9 Å². The lowest BCUT2D eigenvalue weighted by molar-refractivity contribution is 0.415. The molecule has 0 bridgehead atoms. The van der Waals surface area contributed by atoms with E-state index in [-0.39, 0.29) is 0 Å². The zero-order valence-electron chi connectivity index (χ0n) is 13.7. The van der Waals surface area contributed by atoms with Crippen LogP contribution in [0.25, 0.3) is 16.8 Å². The van der Waals surface area contributed by atoms with E-state index in [1.54, 1.807) is 31.5 Å². The molecule has 0 aliphatic carbocycles. The van der Waals surface area contributed by atoms with Gasteiger partial charge in [0, 0.05) is 22.2 Å². The van der Waals surface area contributed by atoms with Crippen molar-refractivity contribution in [2.45, 2.75) is 0 Å². The van der Waals surface area contributed by atoms with Crippen LogP contribution >= 0.6 is 34.5 Å². The smallest absolute Gasteiger partial charge is 0.136 e. The first-order valence-electron chi connectivity index (χ1n) is 7.53. The molecule has 0 radical (unpaired) electrons. The number of thiazole rings is 1. The molecule has 0 spiro atoms. The third-order valence-corrected chi connectivity index (χ3v) is 4.95. The van der Waals surface area contributed by atoms with Gasteiger partial charge >= 0.3 is 0 Å². The fourth-order valence-electron chi connectivity index (χ4n) is 2.21. The fourth-order valence-corrected chi connectivity index (χ4v) is 3.47. The third kappa shape index (κ3) is 4.17. The summed E-state index contributed by atoms with van der Waals surface area (Å²) in [6, 6.07) is 14.9. The lowest BCUT2D eigenvalue weighted by Gasteiger charge is -2.04. The van der Waals surface area contributed by atoms with Crippen LogP contribution in [0.3, 0.4) is 0 Å². The largest absolute Gasteiger partial charge is 0.497 e. The molecule has 1 N–H and O–H groups in total. The quantitative estimate of drug-likeness (QED) is 0.524. The van der Waals surface area contributed by atoms with Gasteiger partial charge in [-0.25, -0.2) is 4.98 Å². The maximum absolute atomic E-state index is 9.47. The molecule has 26 heavy (non-hydrogen) atoms. The van der Waals surface area contributed by atoms with Crippen molar-refractivity contribution in [2.75, 3.05) is 12.4 Å². The molecule has 0 aliphatic rings. The van der Waals surface area contributed by atoms with E-state index in [2.05, 4.69) is 16.4 Å². The summed E-state index contributed by atoms with van der Waals surface area (Å²) < 4.78 is 5.24. The maximum atomic E-state index is 9.47. The highest BCUT2D eigenvalue weighted by atomic mass is 35.5. The minimum Gasteiger partial charge on any atom is -0.497 e. The first-order valence-corrected chi connectivity index (χ1v) is 9.16. The summed E-state index contributed by atoms with van der Waals surface area (Å²) in [6.45, 7) is 0. The van der Waals surface area contributed by atoms with Crippen molar-refractivity contribution in [3.63, 3.8) is 0 Å². The van der Waals surface area contributed by atoms with Crippen LogP contribution in [0.2, 0.25) is 10.0 Å². The SMILES string of the molecule is COc1cccc(-c2csc(/C(C#N)=C/Nc3ccc(Cl)cc3Cl)n2)c1. The lowest BCUT2D eigenvalue weighted by Crippen LogP contribution is -1.92. The number of methoxy groups -OCH3 is 1. The van der Waals surface area contributed by atoms with Crippen molar-refractivity contribution in [3.8, 4) is 23.1 Å². The second-order valence-corrected chi connectivity index (χ2v) is 6.91. The highest BCUT2D eigenvalue weighted by Gasteiger charge is 2.10.